The van der Waals surface area contributed by atoms with Crippen LogP contribution in [-0.2, 0) is 0 Å². The van der Waals surface area contributed by atoms with Crippen LogP contribution in [0.25, 0.3) is 0 Å². The largest absolute Gasteiger partial charge is 0.393 e. The van der Waals surface area contributed by atoms with E-state index in [1.165, 1.54) is 0 Å². The van der Waals surface area contributed by atoms with Gasteiger partial charge in [-0.2, -0.15) is 0 Å². The Hall–Kier alpha value is -0.280. The van der Waals surface area contributed by atoms with Crippen LogP contribution < -0.4 is 10.6 Å². The standard InChI is InChI=1S/C16H23Cl2N3O2.HI/c1-19-16(20-8-10-3-2-4-14(10)22)21-9-15(23)11-5-12(17)7-13(18)6-11;/h5-7,10,14-15,22-23H,2-4,8-9H2,1H3,(H2,19,20,21);1H. The summed E-state index contributed by atoms with van der Waals surface area (Å²) in [7, 11) is 1.67. The monoisotopic (exact) mass is 487 g/mol. The summed E-state index contributed by atoms with van der Waals surface area (Å²) in [5.74, 6) is 0.849. The van der Waals surface area contributed by atoms with Crippen molar-refractivity contribution in [1.82, 2.24) is 10.6 Å². The Bertz CT molecular complexity index is 540. The van der Waals surface area contributed by atoms with E-state index in [9.17, 15) is 10.2 Å². The summed E-state index contributed by atoms with van der Waals surface area (Å²) in [6, 6.07) is 5.00. The Balaban J connectivity index is 0.00000288. The zero-order valence-corrected chi connectivity index (χ0v) is 17.3. The molecule has 136 valence electrons. The molecule has 0 aliphatic heterocycles. The molecule has 0 saturated heterocycles. The van der Waals surface area contributed by atoms with Gasteiger partial charge in [-0.3, -0.25) is 4.99 Å². The summed E-state index contributed by atoms with van der Waals surface area (Å²) in [5.41, 5.74) is 0.650. The van der Waals surface area contributed by atoms with E-state index in [1.807, 2.05) is 0 Å². The molecule has 2 rings (SSSR count). The maximum absolute atomic E-state index is 10.2. The van der Waals surface area contributed by atoms with Gasteiger partial charge in [0.15, 0.2) is 5.96 Å². The molecule has 3 atom stereocenters. The Morgan fingerprint density at radius 1 is 1.25 bits per heavy atom. The van der Waals surface area contributed by atoms with Crippen LogP contribution in [0.3, 0.4) is 0 Å². The molecular formula is C16H24Cl2IN3O2. The number of aliphatic imine (C=N–C) groups is 1. The zero-order chi connectivity index (χ0) is 16.8. The van der Waals surface area contributed by atoms with Crippen molar-refractivity contribution in [2.24, 2.45) is 10.9 Å². The summed E-state index contributed by atoms with van der Waals surface area (Å²) in [4.78, 5) is 4.12. The molecule has 1 aromatic rings. The van der Waals surface area contributed by atoms with Crippen LogP contribution in [0.15, 0.2) is 23.2 Å². The highest BCUT2D eigenvalue weighted by Crippen LogP contribution is 2.25. The number of nitrogens with one attached hydrogen (secondary N) is 2. The molecule has 0 radical (unpaired) electrons. The smallest absolute Gasteiger partial charge is 0.191 e. The highest BCUT2D eigenvalue weighted by Gasteiger charge is 2.25. The molecule has 24 heavy (non-hydrogen) atoms. The minimum Gasteiger partial charge on any atom is -0.393 e. The first-order valence-corrected chi connectivity index (χ1v) is 8.52. The highest BCUT2D eigenvalue weighted by molar-refractivity contribution is 14.0. The van der Waals surface area contributed by atoms with E-state index in [1.54, 1.807) is 25.2 Å². The van der Waals surface area contributed by atoms with Gasteiger partial charge in [-0.15, -0.1) is 24.0 Å². The normalized spacial score (nSPS) is 22.0. The molecule has 8 heteroatoms. The van der Waals surface area contributed by atoms with Gasteiger partial charge >= 0.3 is 0 Å². The fourth-order valence-corrected chi connectivity index (χ4v) is 3.33. The van der Waals surface area contributed by atoms with Crippen molar-refractivity contribution in [3.05, 3.63) is 33.8 Å². The average molecular weight is 488 g/mol. The number of aliphatic hydroxyl groups excluding tert-OH is 2. The van der Waals surface area contributed by atoms with E-state index in [0.717, 1.165) is 19.3 Å². The van der Waals surface area contributed by atoms with Crippen molar-refractivity contribution >= 4 is 53.1 Å². The molecule has 1 aliphatic carbocycles. The van der Waals surface area contributed by atoms with E-state index in [2.05, 4.69) is 15.6 Å². The number of benzene rings is 1. The lowest BCUT2D eigenvalue weighted by atomic mass is 10.1. The minimum absolute atomic E-state index is 0. The van der Waals surface area contributed by atoms with Crippen LogP contribution in [0.4, 0.5) is 0 Å². The van der Waals surface area contributed by atoms with Crippen LogP contribution >= 0.6 is 47.2 Å². The first kappa shape index (κ1) is 21.8. The molecule has 0 heterocycles. The van der Waals surface area contributed by atoms with E-state index in [4.69, 9.17) is 23.2 Å². The predicted molar refractivity (Wildman–Crippen MR) is 110 cm³/mol. The van der Waals surface area contributed by atoms with Crippen LogP contribution in [-0.4, -0.2) is 42.4 Å². The molecule has 1 fully saturated rings. The summed E-state index contributed by atoms with van der Waals surface area (Å²) in [5, 5.41) is 27.3. The summed E-state index contributed by atoms with van der Waals surface area (Å²) in [6.45, 7) is 0.948. The van der Waals surface area contributed by atoms with Crippen LogP contribution in [0, 0.1) is 5.92 Å². The molecule has 4 N–H and O–H groups in total. The third-order valence-corrected chi connectivity index (χ3v) is 4.54. The second-order valence-electron chi connectivity index (χ2n) is 5.81. The lowest BCUT2D eigenvalue weighted by Gasteiger charge is -2.19. The molecule has 0 amide bonds. The highest BCUT2D eigenvalue weighted by atomic mass is 127. The molecule has 0 bridgehead atoms. The number of rotatable bonds is 5. The number of hydrogen-bond donors (Lipinski definition) is 4. The fourth-order valence-electron chi connectivity index (χ4n) is 2.78. The second-order valence-corrected chi connectivity index (χ2v) is 6.68. The van der Waals surface area contributed by atoms with E-state index >= 15 is 0 Å². The maximum atomic E-state index is 10.2. The van der Waals surface area contributed by atoms with Crippen molar-refractivity contribution in [3.63, 3.8) is 0 Å². The number of hydrogen-bond acceptors (Lipinski definition) is 3. The first-order valence-electron chi connectivity index (χ1n) is 7.76. The topological polar surface area (TPSA) is 76.9 Å². The third-order valence-electron chi connectivity index (χ3n) is 4.11. The number of aliphatic hydroxyl groups is 2. The lowest BCUT2D eigenvalue weighted by molar-refractivity contribution is 0.134. The summed E-state index contributed by atoms with van der Waals surface area (Å²) >= 11 is 11.9. The van der Waals surface area contributed by atoms with Gasteiger partial charge in [0.2, 0.25) is 0 Å². The van der Waals surface area contributed by atoms with Crippen molar-refractivity contribution in [3.8, 4) is 0 Å². The maximum Gasteiger partial charge on any atom is 0.191 e. The molecular weight excluding hydrogens is 464 g/mol. The second kappa shape index (κ2) is 10.7. The Morgan fingerprint density at radius 2 is 1.92 bits per heavy atom. The molecule has 0 aromatic heterocycles. The number of guanidine groups is 1. The minimum atomic E-state index is -0.748. The van der Waals surface area contributed by atoms with Crippen LogP contribution in [0.5, 0.6) is 0 Å². The van der Waals surface area contributed by atoms with Gasteiger partial charge < -0.3 is 20.8 Å². The molecule has 1 saturated carbocycles. The Morgan fingerprint density at radius 3 is 2.46 bits per heavy atom. The van der Waals surface area contributed by atoms with E-state index in [-0.39, 0.29) is 42.5 Å². The molecule has 5 nitrogen and oxygen atoms in total. The van der Waals surface area contributed by atoms with Crippen molar-refractivity contribution in [2.75, 3.05) is 20.1 Å². The first-order chi connectivity index (χ1) is 11.0. The van der Waals surface area contributed by atoms with E-state index in [0.29, 0.717) is 28.1 Å². The van der Waals surface area contributed by atoms with Gasteiger partial charge in [-0.25, -0.2) is 0 Å². The predicted octanol–water partition coefficient (Wildman–Crippen LogP) is 2.97. The Kier molecular flexibility index (Phi) is 9.66. The SMILES string of the molecule is CN=C(NCC(O)c1cc(Cl)cc(Cl)c1)NCC1CCCC1O.I. The quantitative estimate of drug-likeness (QED) is 0.292. The molecule has 1 aliphatic rings. The average Bonchev–Trinajstić information content (AvgIpc) is 2.91. The molecule has 1 aromatic carbocycles. The number of nitrogens with zero attached hydrogens (tertiary/aromatic N) is 1. The third kappa shape index (κ3) is 6.55. The zero-order valence-electron chi connectivity index (χ0n) is 13.5. The number of halogens is 3. The van der Waals surface area contributed by atoms with Gasteiger partial charge in [-0.05, 0) is 36.6 Å². The van der Waals surface area contributed by atoms with Crippen LogP contribution in [0.1, 0.15) is 30.9 Å². The fraction of sp³-hybridized carbons (Fsp3) is 0.562. The Labute approximate surface area is 169 Å². The molecule has 3 unspecified atom stereocenters. The summed E-state index contributed by atoms with van der Waals surface area (Å²) < 4.78 is 0. The van der Waals surface area contributed by atoms with Crippen LogP contribution in [0.2, 0.25) is 10.0 Å². The van der Waals surface area contributed by atoms with Gasteiger partial charge in [0, 0.05) is 36.1 Å². The van der Waals surface area contributed by atoms with Gasteiger partial charge in [0.05, 0.1) is 12.2 Å². The van der Waals surface area contributed by atoms with Gasteiger partial charge in [0.25, 0.3) is 0 Å². The van der Waals surface area contributed by atoms with Crippen molar-refractivity contribution in [2.45, 2.75) is 31.5 Å². The molecule has 0 spiro atoms. The lowest BCUT2D eigenvalue weighted by Crippen LogP contribution is -2.42. The van der Waals surface area contributed by atoms with Crippen molar-refractivity contribution in [1.29, 1.82) is 0 Å². The van der Waals surface area contributed by atoms with Crippen molar-refractivity contribution < 1.29 is 10.2 Å². The summed E-state index contributed by atoms with van der Waals surface area (Å²) in [6.07, 6.45) is 1.97. The van der Waals surface area contributed by atoms with Gasteiger partial charge in [0.1, 0.15) is 0 Å². The van der Waals surface area contributed by atoms with E-state index < -0.39 is 6.10 Å². The van der Waals surface area contributed by atoms with Gasteiger partial charge in [-0.1, -0.05) is 29.6 Å².